The number of imidazole rings is 1. The number of hydrogen-bond donors (Lipinski definition) is 0. The lowest BCUT2D eigenvalue weighted by molar-refractivity contribution is 0.0152. The van der Waals surface area contributed by atoms with Crippen LogP contribution in [0.1, 0.15) is 45.9 Å². The van der Waals surface area contributed by atoms with Crippen LogP contribution in [-0.2, 0) is 18.3 Å². The van der Waals surface area contributed by atoms with E-state index >= 15 is 0 Å². The van der Waals surface area contributed by atoms with Crippen LogP contribution >= 0.6 is 0 Å². The predicted octanol–water partition coefficient (Wildman–Crippen LogP) is 2.39. The smallest absolute Gasteiger partial charge is 0.410 e. The molecule has 1 aromatic rings. The van der Waals surface area contributed by atoms with Gasteiger partial charge in [0.1, 0.15) is 11.4 Å². The van der Waals surface area contributed by atoms with Crippen molar-refractivity contribution in [2.24, 2.45) is 7.05 Å². The first kappa shape index (κ1) is 16.3. The van der Waals surface area contributed by atoms with Gasteiger partial charge in [-0.3, -0.25) is 4.90 Å². The van der Waals surface area contributed by atoms with Crippen molar-refractivity contribution in [1.29, 1.82) is 0 Å². The molecule has 0 radical (unpaired) electrons. The number of ether oxygens (including phenoxy) is 1. The maximum Gasteiger partial charge on any atom is 0.410 e. The molecule has 23 heavy (non-hydrogen) atoms. The lowest BCUT2D eigenvalue weighted by atomic mass is 10.1. The van der Waals surface area contributed by atoms with Crippen molar-refractivity contribution in [1.82, 2.24) is 19.4 Å². The summed E-state index contributed by atoms with van der Waals surface area (Å²) in [6.07, 6.45) is 6.85. The van der Waals surface area contributed by atoms with E-state index in [-0.39, 0.29) is 12.1 Å². The molecule has 2 aliphatic heterocycles. The van der Waals surface area contributed by atoms with Crippen molar-refractivity contribution in [2.75, 3.05) is 13.1 Å². The van der Waals surface area contributed by atoms with E-state index in [9.17, 15) is 4.79 Å². The number of amides is 1. The summed E-state index contributed by atoms with van der Waals surface area (Å²) in [5.41, 5.74) is -0.435. The molecule has 0 aromatic carbocycles. The van der Waals surface area contributed by atoms with E-state index in [0.29, 0.717) is 6.04 Å². The van der Waals surface area contributed by atoms with Gasteiger partial charge in [0.2, 0.25) is 0 Å². The topological polar surface area (TPSA) is 50.6 Å². The first-order valence-corrected chi connectivity index (χ1v) is 8.53. The van der Waals surface area contributed by atoms with Gasteiger partial charge in [0.15, 0.2) is 0 Å². The Bertz CT molecular complexity index is 563. The van der Waals surface area contributed by atoms with E-state index in [1.807, 2.05) is 45.1 Å². The Hall–Kier alpha value is -1.56. The number of aromatic nitrogens is 2. The van der Waals surface area contributed by atoms with Gasteiger partial charge < -0.3 is 14.2 Å². The molecule has 128 valence electrons. The molecule has 1 amide bonds. The summed E-state index contributed by atoms with van der Waals surface area (Å²) in [6, 6.07) is 0.582. The van der Waals surface area contributed by atoms with Gasteiger partial charge in [0.25, 0.3) is 0 Å². The fourth-order valence-corrected chi connectivity index (χ4v) is 3.65. The van der Waals surface area contributed by atoms with Crippen LogP contribution in [-0.4, -0.2) is 56.2 Å². The SMILES string of the molecule is Cn1ccnc1CN1CCC2CCC(C1)N2C(=O)OC(C)(C)C. The minimum atomic E-state index is -0.435. The third kappa shape index (κ3) is 3.68. The molecule has 3 rings (SSSR count). The zero-order valence-electron chi connectivity index (χ0n) is 14.7. The molecule has 0 N–H and O–H groups in total. The molecule has 0 saturated carbocycles. The number of fused-ring (bicyclic) bond motifs is 2. The Labute approximate surface area is 138 Å². The van der Waals surface area contributed by atoms with Gasteiger partial charge in [-0.2, -0.15) is 0 Å². The molecule has 2 saturated heterocycles. The Morgan fingerprint density at radius 1 is 1.30 bits per heavy atom. The third-order valence-electron chi connectivity index (χ3n) is 4.76. The summed E-state index contributed by atoms with van der Waals surface area (Å²) in [4.78, 5) is 21.4. The van der Waals surface area contributed by atoms with Gasteiger partial charge in [-0.25, -0.2) is 9.78 Å². The average Bonchev–Trinajstić information content (AvgIpc) is 2.94. The molecular weight excluding hydrogens is 292 g/mol. The van der Waals surface area contributed by atoms with E-state index in [2.05, 4.69) is 14.5 Å². The minimum Gasteiger partial charge on any atom is -0.444 e. The second-order valence-corrected chi connectivity index (χ2v) is 7.75. The predicted molar refractivity (Wildman–Crippen MR) is 88.0 cm³/mol. The molecular formula is C17H28N4O2. The summed E-state index contributed by atoms with van der Waals surface area (Å²) in [5, 5.41) is 0. The van der Waals surface area contributed by atoms with Gasteiger partial charge in [-0.1, -0.05) is 0 Å². The number of carbonyl (C=O) groups excluding carboxylic acids is 1. The normalized spacial score (nSPS) is 25.5. The third-order valence-corrected chi connectivity index (χ3v) is 4.76. The second kappa shape index (κ2) is 6.15. The number of nitrogens with zero attached hydrogens (tertiary/aromatic N) is 4. The van der Waals surface area contributed by atoms with Crippen LogP contribution in [0.25, 0.3) is 0 Å². The zero-order valence-corrected chi connectivity index (χ0v) is 14.7. The molecule has 2 unspecified atom stereocenters. The maximum absolute atomic E-state index is 12.6. The minimum absolute atomic E-state index is 0.149. The van der Waals surface area contributed by atoms with Crippen molar-refractivity contribution in [3.8, 4) is 0 Å². The van der Waals surface area contributed by atoms with E-state index in [0.717, 1.165) is 44.7 Å². The summed E-state index contributed by atoms with van der Waals surface area (Å²) >= 11 is 0. The molecule has 2 aliphatic rings. The van der Waals surface area contributed by atoms with Crippen LogP contribution in [0, 0.1) is 0 Å². The first-order chi connectivity index (χ1) is 10.8. The highest BCUT2D eigenvalue weighted by atomic mass is 16.6. The van der Waals surface area contributed by atoms with Crippen molar-refractivity contribution in [3.05, 3.63) is 18.2 Å². The van der Waals surface area contributed by atoms with E-state index in [1.54, 1.807) is 0 Å². The van der Waals surface area contributed by atoms with Crippen molar-refractivity contribution < 1.29 is 9.53 Å². The molecule has 0 aliphatic carbocycles. The molecule has 6 nitrogen and oxygen atoms in total. The highest BCUT2D eigenvalue weighted by Crippen LogP contribution is 2.32. The van der Waals surface area contributed by atoms with Crippen molar-refractivity contribution in [3.63, 3.8) is 0 Å². The summed E-state index contributed by atoms with van der Waals surface area (Å²) < 4.78 is 7.69. The van der Waals surface area contributed by atoms with Crippen LogP contribution in [0.15, 0.2) is 12.4 Å². The molecule has 1 aromatic heterocycles. The highest BCUT2D eigenvalue weighted by molar-refractivity contribution is 5.69. The van der Waals surface area contributed by atoms with Crippen LogP contribution in [0.2, 0.25) is 0 Å². The number of carbonyl (C=O) groups is 1. The first-order valence-electron chi connectivity index (χ1n) is 8.53. The Morgan fingerprint density at radius 2 is 2.04 bits per heavy atom. The Kier molecular flexibility index (Phi) is 4.36. The lowest BCUT2D eigenvalue weighted by Gasteiger charge is -2.31. The van der Waals surface area contributed by atoms with Crippen LogP contribution in [0.4, 0.5) is 4.79 Å². The van der Waals surface area contributed by atoms with Gasteiger partial charge >= 0.3 is 6.09 Å². The number of likely N-dealkylation sites (tertiary alicyclic amines) is 1. The second-order valence-electron chi connectivity index (χ2n) is 7.75. The molecule has 0 spiro atoms. The number of hydrogen-bond acceptors (Lipinski definition) is 4. The summed E-state index contributed by atoms with van der Waals surface area (Å²) in [7, 11) is 2.03. The maximum atomic E-state index is 12.6. The van der Waals surface area contributed by atoms with Crippen molar-refractivity contribution in [2.45, 2.75) is 64.3 Å². The standard InChI is InChI=1S/C17H28N4O2/c1-17(2,3)23-16(22)21-13-5-6-14(21)11-20(9-7-13)12-15-18-8-10-19(15)4/h8,10,13-14H,5-7,9,11-12H2,1-4H3. The fourth-order valence-electron chi connectivity index (χ4n) is 3.65. The van der Waals surface area contributed by atoms with Gasteiger partial charge in [0, 0.05) is 44.6 Å². The Morgan fingerprint density at radius 3 is 2.70 bits per heavy atom. The lowest BCUT2D eigenvalue weighted by Crippen LogP contribution is -2.45. The number of rotatable bonds is 2. The quantitative estimate of drug-likeness (QED) is 0.839. The monoisotopic (exact) mass is 320 g/mol. The molecule has 2 atom stereocenters. The van der Waals surface area contributed by atoms with Crippen LogP contribution in [0.5, 0.6) is 0 Å². The van der Waals surface area contributed by atoms with Gasteiger partial charge in [-0.15, -0.1) is 0 Å². The van der Waals surface area contributed by atoms with Gasteiger partial charge in [0.05, 0.1) is 6.54 Å². The van der Waals surface area contributed by atoms with E-state index in [4.69, 9.17) is 4.74 Å². The Balaban J connectivity index is 1.67. The molecule has 2 fully saturated rings. The highest BCUT2D eigenvalue weighted by Gasteiger charge is 2.41. The summed E-state index contributed by atoms with van der Waals surface area (Å²) in [6.45, 7) is 8.54. The van der Waals surface area contributed by atoms with E-state index < -0.39 is 5.60 Å². The molecule has 6 heteroatoms. The van der Waals surface area contributed by atoms with Crippen molar-refractivity contribution >= 4 is 6.09 Å². The largest absolute Gasteiger partial charge is 0.444 e. The van der Waals surface area contributed by atoms with Crippen LogP contribution in [0.3, 0.4) is 0 Å². The fraction of sp³-hybridized carbons (Fsp3) is 0.765. The van der Waals surface area contributed by atoms with Gasteiger partial charge in [-0.05, 0) is 40.0 Å². The summed E-state index contributed by atoms with van der Waals surface area (Å²) in [5.74, 6) is 1.08. The zero-order chi connectivity index (χ0) is 16.6. The molecule has 2 bridgehead atoms. The van der Waals surface area contributed by atoms with Crippen LogP contribution < -0.4 is 0 Å². The molecule has 3 heterocycles. The van der Waals surface area contributed by atoms with E-state index in [1.165, 1.54) is 0 Å². The number of aryl methyl sites for hydroxylation is 1. The average molecular weight is 320 g/mol.